The van der Waals surface area contributed by atoms with Crippen LogP contribution in [0.1, 0.15) is 31.2 Å². The van der Waals surface area contributed by atoms with E-state index in [1.807, 2.05) is 0 Å². The van der Waals surface area contributed by atoms with Crippen molar-refractivity contribution in [3.8, 4) is 5.75 Å². The van der Waals surface area contributed by atoms with E-state index in [1.165, 1.54) is 31.4 Å². The first-order chi connectivity index (χ1) is 15.5. The first kappa shape index (κ1) is 24.7. The summed E-state index contributed by atoms with van der Waals surface area (Å²) in [4.78, 5) is 17.6. The second-order valence-electron chi connectivity index (χ2n) is 7.55. The molecule has 1 aromatic heterocycles. The van der Waals surface area contributed by atoms with Gasteiger partial charge in [-0.1, -0.05) is 24.6 Å². The maximum absolute atomic E-state index is 14.0. The van der Waals surface area contributed by atoms with Gasteiger partial charge in [-0.15, -0.1) is 0 Å². The molecule has 0 aliphatic rings. The predicted octanol–water partition coefficient (Wildman–Crippen LogP) is 5.91. The van der Waals surface area contributed by atoms with E-state index < -0.39 is 35.5 Å². The summed E-state index contributed by atoms with van der Waals surface area (Å²) >= 11 is 5.96. The molecule has 2 N–H and O–H groups in total. The van der Waals surface area contributed by atoms with Gasteiger partial charge in [-0.2, -0.15) is 13.2 Å². The van der Waals surface area contributed by atoms with E-state index >= 15 is 0 Å². The standard InChI is InChI=1S/C23H21ClF4N2O3/c1-3-13(15-5-4-14(24)10-19(15)33-2)11-22(32,23(26,27)28)12-29-18-8-7-17(25)21-16(18)6-9-20(31)30-21/h4-10,12-13,32H,3,11H2,1-2H3,(H,30,31)/b29-12+. The van der Waals surface area contributed by atoms with Gasteiger partial charge in [-0.05, 0) is 54.7 Å². The number of nitrogens with one attached hydrogen (secondary N) is 1. The van der Waals surface area contributed by atoms with Gasteiger partial charge < -0.3 is 14.8 Å². The minimum absolute atomic E-state index is 0.0394. The van der Waals surface area contributed by atoms with E-state index in [2.05, 4.69) is 9.98 Å². The van der Waals surface area contributed by atoms with Crippen LogP contribution in [0.3, 0.4) is 0 Å². The van der Waals surface area contributed by atoms with Crippen LogP contribution in [0.25, 0.3) is 10.9 Å². The average molecular weight is 485 g/mol. The molecule has 2 aromatic carbocycles. The molecule has 0 aliphatic heterocycles. The molecule has 33 heavy (non-hydrogen) atoms. The third-order valence-electron chi connectivity index (χ3n) is 5.42. The van der Waals surface area contributed by atoms with Crippen molar-refractivity contribution < 1.29 is 27.4 Å². The normalized spacial score (nSPS) is 15.0. The number of aliphatic imine (C=N–C) groups is 1. The van der Waals surface area contributed by atoms with Gasteiger partial charge in [-0.25, -0.2) is 4.39 Å². The SMILES string of the molecule is CCC(CC(O)(/C=N/c1ccc(F)c2[nH]c(=O)ccc12)C(F)(F)F)c1ccc(Cl)cc1OC. The molecule has 0 saturated carbocycles. The summed E-state index contributed by atoms with van der Waals surface area (Å²) in [6, 6.07) is 9.10. The molecule has 1 heterocycles. The fourth-order valence-electron chi connectivity index (χ4n) is 3.60. The number of fused-ring (bicyclic) bond motifs is 1. The molecule has 0 spiro atoms. The number of aromatic nitrogens is 1. The number of pyridine rings is 1. The van der Waals surface area contributed by atoms with E-state index in [0.29, 0.717) is 22.6 Å². The van der Waals surface area contributed by atoms with Crippen LogP contribution < -0.4 is 10.3 Å². The highest BCUT2D eigenvalue weighted by Crippen LogP contribution is 2.42. The Bertz CT molecular complexity index is 1240. The quantitative estimate of drug-likeness (QED) is 0.323. The highest BCUT2D eigenvalue weighted by Gasteiger charge is 2.53. The third kappa shape index (κ3) is 5.20. The summed E-state index contributed by atoms with van der Waals surface area (Å²) in [6.07, 6.45) is -5.10. The van der Waals surface area contributed by atoms with Crippen molar-refractivity contribution in [2.75, 3.05) is 7.11 Å². The molecule has 176 valence electrons. The van der Waals surface area contributed by atoms with Gasteiger partial charge in [0.1, 0.15) is 11.6 Å². The number of benzene rings is 2. The molecule has 0 fully saturated rings. The van der Waals surface area contributed by atoms with Crippen molar-refractivity contribution >= 4 is 34.4 Å². The van der Waals surface area contributed by atoms with Crippen LogP contribution in [0.5, 0.6) is 5.75 Å². The molecule has 0 aliphatic carbocycles. The zero-order chi connectivity index (χ0) is 24.4. The topological polar surface area (TPSA) is 74.7 Å². The number of aliphatic hydroxyl groups is 1. The Kier molecular flexibility index (Phi) is 7.14. The number of methoxy groups -OCH3 is 1. The zero-order valence-corrected chi connectivity index (χ0v) is 18.5. The molecular formula is C23H21ClF4N2O3. The second kappa shape index (κ2) is 9.52. The van der Waals surface area contributed by atoms with E-state index in [1.54, 1.807) is 13.0 Å². The van der Waals surface area contributed by atoms with Crippen molar-refractivity contribution in [3.63, 3.8) is 0 Å². The first-order valence-electron chi connectivity index (χ1n) is 9.98. The average Bonchev–Trinajstić information content (AvgIpc) is 2.76. The third-order valence-corrected chi connectivity index (χ3v) is 5.65. The monoisotopic (exact) mass is 484 g/mol. The van der Waals surface area contributed by atoms with Gasteiger partial charge in [0, 0.05) is 22.7 Å². The lowest BCUT2D eigenvalue weighted by atomic mass is 9.84. The Labute approximate surface area is 191 Å². The lowest BCUT2D eigenvalue weighted by Crippen LogP contribution is -2.47. The number of nitrogens with zero attached hydrogens (tertiary/aromatic N) is 1. The van der Waals surface area contributed by atoms with Crippen molar-refractivity contribution in [2.45, 2.75) is 37.5 Å². The summed E-state index contributed by atoms with van der Waals surface area (Å²) in [6.45, 7) is 1.69. The molecule has 0 saturated heterocycles. The number of aromatic amines is 1. The van der Waals surface area contributed by atoms with Crippen molar-refractivity contribution in [1.29, 1.82) is 0 Å². The van der Waals surface area contributed by atoms with Crippen LogP contribution in [0.15, 0.2) is 52.3 Å². The van der Waals surface area contributed by atoms with Crippen LogP contribution in [-0.4, -0.2) is 35.2 Å². The summed E-state index contributed by atoms with van der Waals surface area (Å²) in [7, 11) is 1.38. The number of ether oxygens (including phenoxy) is 1. The molecule has 0 amide bonds. The summed E-state index contributed by atoms with van der Waals surface area (Å²) < 4.78 is 61.3. The Balaban J connectivity index is 2.04. The molecule has 3 rings (SSSR count). The Morgan fingerprint density at radius 3 is 2.58 bits per heavy atom. The fourth-order valence-corrected chi connectivity index (χ4v) is 3.77. The molecule has 2 unspecified atom stereocenters. The Morgan fingerprint density at radius 2 is 1.94 bits per heavy atom. The highest BCUT2D eigenvalue weighted by molar-refractivity contribution is 6.30. The summed E-state index contributed by atoms with van der Waals surface area (Å²) in [5.74, 6) is -1.19. The number of hydrogen-bond donors (Lipinski definition) is 2. The number of rotatable bonds is 7. The van der Waals surface area contributed by atoms with Gasteiger partial charge in [-0.3, -0.25) is 9.79 Å². The first-order valence-corrected chi connectivity index (χ1v) is 10.4. The van der Waals surface area contributed by atoms with Gasteiger partial charge in [0.2, 0.25) is 5.56 Å². The van der Waals surface area contributed by atoms with E-state index in [4.69, 9.17) is 16.3 Å². The second-order valence-corrected chi connectivity index (χ2v) is 7.99. The lowest BCUT2D eigenvalue weighted by molar-refractivity contribution is -0.232. The smallest absolute Gasteiger partial charge is 0.422 e. The fraction of sp³-hybridized carbons (Fsp3) is 0.304. The van der Waals surface area contributed by atoms with Gasteiger partial charge in [0.25, 0.3) is 0 Å². The van der Waals surface area contributed by atoms with Crippen molar-refractivity contribution in [1.82, 2.24) is 4.98 Å². The van der Waals surface area contributed by atoms with E-state index in [-0.39, 0.29) is 23.0 Å². The zero-order valence-electron chi connectivity index (χ0n) is 17.7. The minimum atomic E-state index is -5.05. The molecule has 0 radical (unpaired) electrons. The van der Waals surface area contributed by atoms with Crippen LogP contribution in [0.4, 0.5) is 23.2 Å². The number of H-pyrrole nitrogens is 1. The van der Waals surface area contributed by atoms with Crippen LogP contribution >= 0.6 is 11.6 Å². The molecule has 10 heteroatoms. The molecule has 2 atom stereocenters. The number of halogens is 5. The van der Waals surface area contributed by atoms with Gasteiger partial charge in [0.15, 0.2) is 5.60 Å². The van der Waals surface area contributed by atoms with Crippen molar-refractivity contribution in [3.05, 3.63) is 69.2 Å². The molecule has 0 bridgehead atoms. The summed E-state index contributed by atoms with van der Waals surface area (Å²) in [5, 5.41) is 11.1. The van der Waals surface area contributed by atoms with Crippen LogP contribution in [0, 0.1) is 5.82 Å². The van der Waals surface area contributed by atoms with Crippen molar-refractivity contribution in [2.24, 2.45) is 4.99 Å². The Hall–Kier alpha value is -2.91. The Morgan fingerprint density at radius 1 is 1.21 bits per heavy atom. The van der Waals surface area contributed by atoms with E-state index in [9.17, 15) is 27.5 Å². The van der Waals surface area contributed by atoms with Crippen LogP contribution in [0.2, 0.25) is 5.02 Å². The molecule has 3 aromatic rings. The number of hydrogen-bond acceptors (Lipinski definition) is 4. The maximum Gasteiger partial charge on any atom is 0.422 e. The molecule has 5 nitrogen and oxygen atoms in total. The number of alkyl halides is 3. The highest BCUT2D eigenvalue weighted by atomic mass is 35.5. The maximum atomic E-state index is 14.0. The van der Waals surface area contributed by atoms with E-state index in [0.717, 1.165) is 12.1 Å². The summed E-state index contributed by atoms with van der Waals surface area (Å²) in [5.41, 5.74) is -3.63. The predicted molar refractivity (Wildman–Crippen MR) is 119 cm³/mol. The lowest BCUT2D eigenvalue weighted by Gasteiger charge is -2.31. The molecular weight excluding hydrogens is 464 g/mol. The van der Waals surface area contributed by atoms with Crippen LogP contribution in [-0.2, 0) is 0 Å². The van der Waals surface area contributed by atoms with Gasteiger partial charge in [0.05, 0.1) is 18.3 Å². The minimum Gasteiger partial charge on any atom is -0.496 e. The largest absolute Gasteiger partial charge is 0.496 e. The van der Waals surface area contributed by atoms with Gasteiger partial charge >= 0.3 is 6.18 Å².